The van der Waals surface area contributed by atoms with Gasteiger partial charge in [-0.2, -0.15) is 5.26 Å². The topological polar surface area (TPSA) is 65.8 Å². The number of nitrogens with zero attached hydrogens (tertiary/aromatic N) is 2. The van der Waals surface area contributed by atoms with Crippen molar-refractivity contribution in [3.05, 3.63) is 29.6 Å². The first-order valence-electron chi connectivity index (χ1n) is 7.18. The summed E-state index contributed by atoms with van der Waals surface area (Å²) in [4.78, 5) is 16.4. The molecule has 0 aromatic carbocycles. The van der Waals surface area contributed by atoms with Crippen LogP contribution < -0.4 is 5.32 Å². The van der Waals surface area contributed by atoms with Gasteiger partial charge in [0.2, 0.25) is 5.91 Å². The lowest BCUT2D eigenvalue weighted by molar-refractivity contribution is -0.129. The third-order valence-electron chi connectivity index (χ3n) is 3.58. The van der Waals surface area contributed by atoms with Gasteiger partial charge in [0.25, 0.3) is 0 Å². The van der Waals surface area contributed by atoms with E-state index < -0.39 is 5.41 Å². The third-order valence-corrected chi connectivity index (χ3v) is 3.58. The van der Waals surface area contributed by atoms with E-state index in [-0.39, 0.29) is 5.91 Å². The highest BCUT2D eigenvalue weighted by Gasteiger charge is 2.36. The van der Waals surface area contributed by atoms with Crippen LogP contribution in [0.2, 0.25) is 0 Å². The number of aryl methyl sites for hydroxylation is 1. The fourth-order valence-electron chi connectivity index (χ4n) is 2.41. The van der Waals surface area contributed by atoms with Crippen LogP contribution in [-0.4, -0.2) is 10.9 Å². The summed E-state index contributed by atoms with van der Waals surface area (Å²) in [6.07, 6.45) is 6.36. The van der Waals surface area contributed by atoms with Gasteiger partial charge in [0.15, 0.2) is 0 Å². The summed E-state index contributed by atoms with van der Waals surface area (Å²) in [5.74, 6) is -0.153. The quantitative estimate of drug-likeness (QED) is 0.830. The number of hydrogen-bond donors (Lipinski definition) is 1. The lowest BCUT2D eigenvalue weighted by atomic mass is 9.79. The molecular weight excluding hydrogens is 250 g/mol. The van der Waals surface area contributed by atoms with Crippen molar-refractivity contribution < 1.29 is 4.79 Å². The zero-order valence-electron chi connectivity index (χ0n) is 12.6. The Labute approximate surface area is 121 Å². The lowest BCUT2D eigenvalue weighted by Crippen LogP contribution is -2.39. The lowest BCUT2D eigenvalue weighted by Gasteiger charge is -2.24. The van der Waals surface area contributed by atoms with Crippen molar-refractivity contribution in [2.75, 3.05) is 0 Å². The van der Waals surface area contributed by atoms with Gasteiger partial charge in [-0.3, -0.25) is 9.78 Å². The van der Waals surface area contributed by atoms with Crippen LogP contribution in [0, 0.1) is 23.7 Å². The molecule has 1 amide bonds. The van der Waals surface area contributed by atoms with Gasteiger partial charge < -0.3 is 5.32 Å². The van der Waals surface area contributed by atoms with Crippen LogP contribution in [0.5, 0.6) is 0 Å². The molecule has 4 nitrogen and oxygen atoms in total. The molecule has 1 heterocycles. The standard InChI is InChI=1S/C16H23N3O/c1-4-7-16(12-17,8-5-2)15(20)19-11-14-6-9-18-10-13(14)3/h6,9-10H,4-5,7-8,11H2,1-3H3,(H,19,20). The van der Waals surface area contributed by atoms with Gasteiger partial charge in [0.05, 0.1) is 6.07 Å². The highest BCUT2D eigenvalue weighted by molar-refractivity contribution is 5.85. The van der Waals surface area contributed by atoms with Gasteiger partial charge in [-0.15, -0.1) is 0 Å². The molecule has 1 aromatic heterocycles. The molecule has 0 aliphatic heterocycles. The Kier molecular flexibility index (Phi) is 6.17. The largest absolute Gasteiger partial charge is 0.351 e. The Balaban J connectivity index is 2.77. The maximum atomic E-state index is 12.4. The monoisotopic (exact) mass is 273 g/mol. The van der Waals surface area contributed by atoms with Crippen molar-refractivity contribution in [3.8, 4) is 6.07 Å². The van der Waals surface area contributed by atoms with Gasteiger partial charge in [-0.1, -0.05) is 26.7 Å². The maximum absolute atomic E-state index is 12.4. The van der Waals surface area contributed by atoms with Crippen molar-refractivity contribution in [1.29, 1.82) is 5.26 Å². The minimum absolute atomic E-state index is 0.153. The van der Waals surface area contributed by atoms with E-state index in [1.54, 1.807) is 12.4 Å². The van der Waals surface area contributed by atoms with Crippen molar-refractivity contribution in [2.45, 2.75) is 53.0 Å². The Morgan fingerprint density at radius 2 is 2.05 bits per heavy atom. The first-order chi connectivity index (χ1) is 9.59. The molecule has 1 aromatic rings. The highest BCUT2D eigenvalue weighted by atomic mass is 16.2. The average Bonchev–Trinajstić information content (AvgIpc) is 2.45. The van der Waals surface area contributed by atoms with Gasteiger partial charge >= 0.3 is 0 Å². The van der Waals surface area contributed by atoms with E-state index in [2.05, 4.69) is 16.4 Å². The molecule has 4 heteroatoms. The van der Waals surface area contributed by atoms with E-state index in [0.717, 1.165) is 24.0 Å². The Morgan fingerprint density at radius 3 is 2.55 bits per heavy atom. The van der Waals surface area contributed by atoms with Crippen LogP contribution in [0.15, 0.2) is 18.5 Å². The second-order valence-electron chi connectivity index (χ2n) is 5.18. The second kappa shape index (κ2) is 7.64. The average molecular weight is 273 g/mol. The van der Waals surface area contributed by atoms with E-state index in [9.17, 15) is 10.1 Å². The number of nitriles is 1. The molecule has 0 unspecified atom stereocenters. The molecule has 0 atom stereocenters. The molecule has 0 fully saturated rings. The summed E-state index contributed by atoms with van der Waals surface area (Å²) in [6.45, 7) is 6.41. The van der Waals surface area contributed by atoms with Gasteiger partial charge in [0, 0.05) is 18.9 Å². The fraction of sp³-hybridized carbons (Fsp3) is 0.562. The molecular formula is C16H23N3O. The molecule has 0 radical (unpaired) electrons. The molecule has 0 aliphatic rings. The van der Waals surface area contributed by atoms with Gasteiger partial charge in [0.1, 0.15) is 5.41 Å². The Bertz CT molecular complexity index is 485. The van der Waals surface area contributed by atoms with E-state index in [1.165, 1.54) is 0 Å². The summed E-state index contributed by atoms with van der Waals surface area (Å²) in [5.41, 5.74) is 1.19. The molecule has 1 N–H and O–H groups in total. The van der Waals surface area contributed by atoms with Crippen LogP contribution in [0.1, 0.15) is 50.7 Å². The number of carbonyl (C=O) groups is 1. The number of carbonyl (C=O) groups excluding carboxylic acids is 1. The number of hydrogen-bond acceptors (Lipinski definition) is 3. The number of aromatic nitrogens is 1. The molecule has 0 aliphatic carbocycles. The second-order valence-corrected chi connectivity index (χ2v) is 5.18. The van der Waals surface area contributed by atoms with Crippen LogP contribution in [0.4, 0.5) is 0 Å². The van der Waals surface area contributed by atoms with E-state index >= 15 is 0 Å². The van der Waals surface area contributed by atoms with E-state index in [0.29, 0.717) is 19.4 Å². The van der Waals surface area contributed by atoms with Crippen LogP contribution in [-0.2, 0) is 11.3 Å². The van der Waals surface area contributed by atoms with Crippen LogP contribution in [0.3, 0.4) is 0 Å². The zero-order chi connectivity index (χ0) is 15.0. The van der Waals surface area contributed by atoms with Gasteiger partial charge in [-0.25, -0.2) is 0 Å². The number of amides is 1. The molecule has 1 rings (SSSR count). The van der Waals surface area contributed by atoms with E-state index in [1.807, 2.05) is 26.8 Å². The molecule has 0 spiro atoms. The fourth-order valence-corrected chi connectivity index (χ4v) is 2.41. The molecule has 20 heavy (non-hydrogen) atoms. The van der Waals surface area contributed by atoms with Crippen LogP contribution in [0.25, 0.3) is 0 Å². The van der Waals surface area contributed by atoms with Crippen molar-refractivity contribution in [3.63, 3.8) is 0 Å². The minimum atomic E-state index is -0.884. The third kappa shape index (κ3) is 3.80. The SMILES string of the molecule is CCCC(C#N)(CCC)C(=O)NCc1ccncc1C. The number of nitrogens with one attached hydrogen (secondary N) is 1. The number of rotatable bonds is 7. The number of pyridine rings is 1. The summed E-state index contributed by atoms with van der Waals surface area (Å²) in [7, 11) is 0. The normalized spacial score (nSPS) is 10.9. The molecule has 0 saturated carbocycles. The molecule has 108 valence electrons. The Morgan fingerprint density at radius 1 is 1.40 bits per heavy atom. The maximum Gasteiger partial charge on any atom is 0.240 e. The predicted molar refractivity (Wildman–Crippen MR) is 78.7 cm³/mol. The summed E-state index contributed by atoms with van der Waals surface area (Å²) < 4.78 is 0. The first-order valence-corrected chi connectivity index (χ1v) is 7.18. The van der Waals surface area contributed by atoms with Crippen molar-refractivity contribution >= 4 is 5.91 Å². The van der Waals surface area contributed by atoms with Crippen molar-refractivity contribution in [2.24, 2.45) is 5.41 Å². The molecule has 0 bridgehead atoms. The Hall–Kier alpha value is -1.89. The zero-order valence-corrected chi connectivity index (χ0v) is 12.6. The van der Waals surface area contributed by atoms with E-state index in [4.69, 9.17) is 0 Å². The van der Waals surface area contributed by atoms with Gasteiger partial charge in [-0.05, 0) is 37.0 Å². The smallest absolute Gasteiger partial charge is 0.240 e. The highest BCUT2D eigenvalue weighted by Crippen LogP contribution is 2.29. The first kappa shape index (κ1) is 16.2. The summed E-state index contributed by atoms with van der Waals surface area (Å²) in [6, 6.07) is 4.14. The summed E-state index contributed by atoms with van der Waals surface area (Å²) >= 11 is 0. The molecule has 0 saturated heterocycles. The minimum Gasteiger partial charge on any atom is -0.351 e. The van der Waals surface area contributed by atoms with Crippen molar-refractivity contribution in [1.82, 2.24) is 10.3 Å². The van der Waals surface area contributed by atoms with Crippen LogP contribution >= 0.6 is 0 Å². The summed E-state index contributed by atoms with van der Waals surface area (Å²) in [5, 5.41) is 12.4. The predicted octanol–water partition coefficient (Wildman–Crippen LogP) is 3.12.